The van der Waals surface area contributed by atoms with Gasteiger partial charge in [-0.1, -0.05) is 36.7 Å². The standard InChI is InChI=1S/C17H20ClN3O3S/c1-4-5-11-9-15(22)21-17(20-11)25-10(2)16(23)19-12-6-7-14(24-3)13(18)8-12/h6-10H,4-5H2,1-3H3,(H,19,23)(H,20,21,22)/t10-/m0/s1. The number of H-pyrrole nitrogens is 1. The summed E-state index contributed by atoms with van der Waals surface area (Å²) in [5.41, 5.74) is 1.09. The number of aromatic nitrogens is 2. The molecule has 134 valence electrons. The maximum Gasteiger partial charge on any atom is 0.251 e. The number of aromatic amines is 1. The van der Waals surface area contributed by atoms with Crippen LogP contribution in [0.2, 0.25) is 5.02 Å². The third kappa shape index (κ3) is 5.51. The van der Waals surface area contributed by atoms with Crippen LogP contribution in [0, 0.1) is 0 Å². The van der Waals surface area contributed by atoms with E-state index in [0.717, 1.165) is 18.5 Å². The van der Waals surface area contributed by atoms with E-state index in [1.807, 2.05) is 6.92 Å². The van der Waals surface area contributed by atoms with E-state index in [4.69, 9.17) is 16.3 Å². The van der Waals surface area contributed by atoms with Gasteiger partial charge >= 0.3 is 0 Å². The van der Waals surface area contributed by atoms with Crippen LogP contribution >= 0.6 is 23.4 Å². The molecular formula is C17H20ClN3O3S. The van der Waals surface area contributed by atoms with Crippen molar-refractivity contribution >= 4 is 35.0 Å². The van der Waals surface area contributed by atoms with Gasteiger partial charge in [-0.3, -0.25) is 9.59 Å². The van der Waals surface area contributed by atoms with Crippen LogP contribution in [0.1, 0.15) is 26.0 Å². The quantitative estimate of drug-likeness (QED) is 0.566. The highest BCUT2D eigenvalue weighted by Gasteiger charge is 2.17. The SMILES string of the molecule is CCCc1cc(=O)[nH]c(S[C@@H](C)C(=O)Nc2ccc(OC)c(Cl)c2)n1. The Bertz CT molecular complexity index is 810. The number of benzene rings is 1. The minimum Gasteiger partial charge on any atom is -0.495 e. The Morgan fingerprint density at radius 1 is 1.44 bits per heavy atom. The fraction of sp³-hybridized carbons (Fsp3) is 0.353. The van der Waals surface area contributed by atoms with E-state index in [9.17, 15) is 9.59 Å². The summed E-state index contributed by atoms with van der Waals surface area (Å²) in [5.74, 6) is 0.325. The monoisotopic (exact) mass is 381 g/mol. The zero-order valence-corrected chi connectivity index (χ0v) is 15.8. The van der Waals surface area contributed by atoms with Crippen LogP contribution < -0.4 is 15.6 Å². The zero-order chi connectivity index (χ0) is 18.4. The number of thioether (sulfide) groups is 1. The minimum atomic E-state index is -0.444. The number of nitrogens with zero attached hydrogens (tertiary/aromatic N) is 1. The molecule has 0 saturated heterocycles. The van der Waals surface area contributed by atoms with E-state index in [0.29, 0.717) is 21.6 Å². The van der Waals surface area contributed by atoms with Crippen molar-refractivity contribution in [3.63, 3.8) is 0 Å². The van der Waals surface area contributed by atoms with Gasteiger partial charge in [0.05, 0.1) is 17.4 Å². The molecule has 2 rings (SSSR count). The van der Waals surface area contributed by atoms with Crippen molar-refractivity contribution in [2.75, 3.05) is 12.4 Å². The van der Waals surface area contributed by atoms with Gasteiger partial charge in [0.2, 0.25) is 5.91 Å². The predicted molar refractivity (Wildman–Crippen MR) is 101 cm³/mol. The van der Waals surface area contributed by atoms with Gasteiger partial charge in [-0.25, -0.2) is 4.98 Å². The number of nitrogens with one attached hydrogen (secondary N) is 2. The highest BCUT2D eigenvalue weighted by atomic mass is 35.5. The van der Waals surface area contributed by atoms with Gasteiger partial charge in [0.1, 0.15) is 5.75 Å². The fourth-order valence-corrected chi connectivity index (χ4v) is 3.22. The smallest absolute Gasteiger partial charge is 0.251 e. The van der Waals surface area contributed by atoms with Gasteiger partial charge in [-0.2, -0.15) is 0 Å². The molecule has 1 aromatic carbocycles. The number of anilines is 1. The van der Waals surface area contributed by atoms with Crippen LogP contribution in [0.25, 0.3) is 0 Å². The second-order valence-electron chi connectivity index (χ2n) is 5.39. The molecule has 25 heavy (non-hydrogen) atoms. The summed E-state index contributed by atoms with van der Waals surface area (Å²) in [5, 5.41) is 3.20. The molecule has 0 aliphatic rings. The number of hydrogen-bond acceptors (Lipinski definition) is 5. The summed E-state index contributed by atoms with van der Waals surface area (Å²) in [6, 6.07) is 6.50. The molecule has 1 atom stereocenters. The van der Waals surface area contributed by atoms with E-state index < -0.39 is 5.25 Å². The molecular weight excluding hydrogens is 362 g/mol. The molecule has 0 aliphatic heterocycles. The van der Waals surface area contributed by atoms with Crippen LogP contribution in [0.3, 0.4) is 0 Å². The second-order valence-corrected chi connectivity index (χ2v) is 7.13. The lowest BCUT2D eigenvalue weighted by atomic mass is 10.2. The Kier molecular flexibility index (Phi) is 6.90. The molecule has 0 unspecified atom stereocenters. The molecule has 0 radical (unpaired) electrons. The Morgan fingerprint density at radius 3 is 2.84 bits per heavy atom. The maximum atomic E-state index is 12.4. The van der Waals surface area contributed by atoms with E-state index in [-0.39, 0.29) is 11.5 Å². The average Bonchev–Trinajstić information content (AvgIpc) is 2.54. The molecule has 2 N–H and O–H groups in total. The number of rotatable bonds is 7. The van der Waals surface area contributed by atoms with Crippen LogP contribution in [-0.2, 0) is 11.2 Å². The first-order chi connectivity index (χ1) is 11.9. The maximum absolute atomic E-state index is 12.4. The van der Waals surface area contributed by atoms with Crippen molar-refractivity contribution in [1.82, 2.24) is 9.97 Å². The summed E-state index contributed by atoms with van der Waals surface area (Å²) in [4.78, 5) is 31.1. The molecule has 0 fully saturated rings. The van der Waals surface area contributed by atoms with Crippen LogP contribution in [0.5, 0.6) is 5.75 Å². The number of carbonyl (C=O) groups excluding carboxylic acids is 1. The fourth-order valence-electron chi connectivity index (χ4n) is 2.13. The molecule has 2 aromatic rings. The van der Waals surface area contributed by atoms with Crippen LogP contribution in [0.4, 0.5) is 5.69 Å². The van der Waals surface area contributed by atoms with E-state index in [2.05, 4.69) is 15.3 Å². The number of aryl methyl sites for hydroxylation is 1. The predicted octanol–water partition coefficient (Wildman–Crippen LogP) is 3.50. The largest absolute Gasteiger partial charge is 0.495 e. The summed E-state index contributed by atoms with van der Waals surface area (Å²) in [7, 11) is 1.53. The lowest BCUT2D eigenvalue weighted by molar-refractivity contribution is -0.115. The second kappa shape index (κ2) is 8.92. The minimum absolute atomic E-state index is 0.213. The number of halogens is 1. The van der Waals surface area contributed by atoms with E-state index >= 15 is 0 Å². The molecule has 1 heterocycles. The van der Waals surface area contributed by atoms with Crippen molar-refractivity contribution in [2.45, 2.75) is 37.1 Å². The first-order valence-corrected chi connectivity index (χ1v) is 9.10. The highest BCUT2D eigenvalue weighted by Crippen LogP contribution is 2.28. The number of carbonyl (C=O) groups is 1. The number of hydrogen-bond donors (Lipinski definition) is 2. The zero-order valence-electron chi connectivity index (χ0n) is 14.3. The summed E-state index contributed by atoms with van der Waals surface area (Å²) in [6.45, 7) is 3.77. The molecule has 1 amide bonds. The van der Waals surface area contributed by atoms with Crippen LogP contribution in [0.15, 0.2) is 34.2 Å². The van der Waals surface area contributed by atoms with Gasteiger partial charge < -0.3 is 15.0 Å². The Balaban J connectivity index is 2.05. The van der Waals surface area contributed by atoms with Gasteiger partial charge in [0, 0.05) is 17.4 Å². The molecule has 0 bridgehead atoms. The summed E-state index contributed by atoms with van der Waals surface area (Å²) in [6.07, 6.45) is 1.62. The van der Waals surface area contributed by atoms with E-state index in [1.165, 1.54) is 24.9 Å². The number of methoxy groups -OCH3 is 1. The first kappa shape index (κ1) is 19.3. The number of ether oxygens (including phenoxy) is 1. The van der Waals surface area contributed by atoms with Crippen molar-refractivity contribution in [2.24, 2.45) is 0 Å². The van der Waals surface area contributed by atoms with Crippen molar-refractivity contribution in [3.8, 4) is 5.75 Å². The normalized spacial score (nSPS) is 11.8. The first-order valence-electron chi connectivity index (χ1n) is 7.84. The highest BCUT2D eigenvalue weighted by molar-refractivity contribution is 8.00. The molecule has 8 heteroatoms. The molecule has 6 nitrogen and oxygen atoms in total. The third-order valence-electron chi connectivity index (χ3n) is 3.36. The Hall–Kier alpha value is -1.99. The van der Waals surface area contributed by atoms with Gasteiger partial charge in [-0.15, -0.1) is 0 Å². The lowest BCUT2D eigenvalue weighted by Gasteiger charge is -2.12. The lowest BCUT2D eigenvalue weighted by Crippen LogP contribution is -2.23. The third-order valence-corrected chi connectivity index (χ3v) is 4.64. The van der Waals surface area contributed by atoms with Crippen molar-refractivity contribution < 1.29 is 9.53 Å². The summed E-state index contributed by atoms with van der Waals surface area (Å²) >= 11 is 7.26. The topological polar surface area (TPSA) is 84.1 Å². The molecule has 1 aromatic heterocycles. The van der Waals surface area contributed by atoms with Crippen molar-refractivity contribution in [1.29, 1.82) is 0 Å². The van der Waals surface area contributed by atoms with Crippen LogP contribution in [-0.4, -0.2) is 28.2 Å². The van der Waals surface area contributed by atoms with Gasteiger partial charge in [-0.05, 0) is 31.5 Å². The van der Waals surface area contributed by atoms with Gasteiger partial charge in [0.25, 0.3) is 5.56 Å². The van der Waals surface area contributed by atoms with E-state index in [1.54, 1.807) is 25.1 Å². The summed E-state index contributed by atoms with van der Waals surface area (Å²) < 4.78 is 5.08. The van der Waals surface area contributed by atoms with Crippen molar-refractivity contribution in [3.05, 3.63) is 45.3 Å². The number of amides is 1. The Labute approximate surface area is 155 Å². The average molecular weight is 382 g/mol. The molecule has 0 aliphatic carbocycles. The molecule has 0 spiro atoms. The molecule has 0 saturated carbocycles. The van der Waals surface area contributed by atoms with Gasteiger partial charge in [0.15, 0.2) is 5.16 Å². The Morgan fingerprint density at radius 2 is 2.20 bits per heavy atom.